The lowest BCUT2D eigenvalue weighted by Crippen LogP contribution is -2.39. The SMILES string of the molecule is CC(NC1=NCC(c2ccccc2)S1)C(C)(C)C. The van der Waals surface area contributed by atoms with E-state index in [1.54, 1.807) is 0 Å². The molecule has 2 rings (SSSR count). The molecule has 0 saturated heterocycles. The first-order valence-corrected chi connectivity index (χ1v) is 7.37. The number of rotatable bonds is 2. The fourth-order valence-electron chi connectivity index (χ4n) is 1.70. The van der Waals surface area contributed by atoms with Crippen LogP contribution in [-0.2, 0) is 0 Å². The molecule has 3 heteroatoms. The van der Waals surface area contributed by atoms with Gasteiger partial charge >= 0.3 is 0 Å². The minimum Gasteiger partial charge on any atom is -0.362 e. The Hall–Kier alpha value is -0.960. The van der Waals surface area contributed by atoms with Crippen LogP contribution in [-0.4, -0.2) is 17.8 Å². The number of benzene rings is 1. The number of hydrogen-bond acceptors (Lipinski definition) is 3. The molecule has 2 unspecified atom stereocenters. The minimum absolute atomic E-state index is 0.258. The lowest BCUT2D eigenvalue weighted by Gasteiger charge is -2.28. The zero-order valence-electron chi connectivity index (χ0n) is 11.6. The largest absolute Gasteiger partial charge is 0.362 e. The Labute approximate surface area is 114 Å². The van der Waals surface area contributed by atoms with E-state index in [-0.39, 0.29) is 5.41 Å². The molecule has 0 bridgehead atoms. The van der Waals surface area contributed by atoms with Crippen LogP contribution in [0.5, 0.6) is 0 Å². The topological polar surface area (TPSA) is 24.4 Å². The Balaban J connectivity index is 1.93. The summed E-state index contributed by atoms with van der Waals surface area (Å²) in [6, 6.07) is 11.0. The quantitative estimate of drug-likeness (QED) is 0.875. The van der Waals surface area contributed by atoms with Gasteiger partial charge in [0.25, 0.3) is 0 Å². The highest BCUT2D eigenvalue weighted by atomic mass is 32.2. The molecular formula is C15H22N2S. The molecule has 0 spiro atoms. The third-order valence-corrected chi connectivity index (χ3v) is 4.64. The predicted octanol–water partition coefficient (Wildman–Crippen LogP) is 3.85. The lowest BCUT2D eigenvalue weighted by atomic mass is 9.88. The molecular weight excluding hydrogens is 240 g/mol. The van der Waals surface area contributed by atoms with E-state index in [0.717, 1.165) is 11.7 Å². The highest BCUT2D eigenvalue weighted by molar-refractivity contribution is 8.14. The highest BCUT2D eigenvalue weighted by Crippen LogP contribution is 2.34. The molecule has 0 amide bonds. The van der Waals surface area contributed by atoms with Gasteiger partial charge in [0.1, 0.15) is 0 Å². The van der Waals surface area contributed by atoms with Gasteiger partial charge in [-0.15, -0.1) is 0 Å². The van der Waals surface area contributed by atoms with Crippen LogP contribution in [0.15, 0.2) is 35.3 Å². The number of nitrogens with one attached hydrogen (secondary N) is 1. The maximum atomic E-state index is 4.62. The van der Waals surface area contributed by atoms with Crippen LogP contribution in [0.1, 0.15) is 38.5 Å². The van der Waals surface area contributed by atoms with E-state index in [4.69, 9.17) is 0 Å². The van der Waals surface area contributed by atoms with Crippen molar-refractivity contribution < 1.29 is 0 Å². The van der Waals surface area contributed by atoms with Crippen LogP contribution in [0.3, 0.4) is 0 Å². The van der Waals surface area contributed by atoms with Crippen molar-refractivity contribution in [1.82, 2.24) is 5.32 Å². The summed E-state index contributed by atoms with van der Waals surface area (Å²) in [4.78, 5) is 4.62. The van der Waals surface area contributed by atoms with Gasteiger partial charge < -0.3 is 5.32 Å². The summed E-state index contributed by atoms with van der Waals surface area (Å²) >= 11 is 1.85. The van der Waals surface area contributed by atoms with Gasteiger partial charge in [0.05, 0.1) is 11.8 Å². The van der Waals surface area contributed by atoms with Gasteiger partial charge in [0.2, 0.25) is 0 Å². The lowest BCUT2D eigenvalue weighted by molar-refractivity contribution is 0.317. The molecule has 2 nitrogen and oxygen atoms in total. The molecule has 1 aliphatic rings. The molecule has 1 heterocycles. The van der Waals surface area contributed by atoms with Gasteiger partial charge in [-0.2, -0.15) is 0 Å². The summed E-state index contributed by atoms with van der Waals surface area (Å²) in [6.07, 6.45) is 0. The van der Waals surface area contributed by atoms with E-state index in [1.165, 1.54) is 5.56 Å². The average Bonchev–Trinajstić information content (AvgIpc) is 2.77. The Morgan fingerprint density at radius 2 is 1.94 bits per heavy atom. The number of hydrogen-bond donors (Lipinski definition) is 1. The van der Waals surface area contributed by atoms with Crippen LogP contribution in [0.25, 0.3) is 0 Å². The van der Waals surface area contributed by atoms with Crippen LogP contribution in [0.4, 0.5) is 0 Å². The van der Waals surface area contributed by atoms with E-state index in [9.17, 15) is 0 Å². The Bertz CT molecular complexity index is 420. The van der Waals surface area contributed by atoms with Gasteiger partial charge in [-0.05, 0) is 17.9 Å². The van der Waals surface area contributed by atoms with Crippen LogP contribution in [0.2, 0.25) is 0 Å². The summed E-state index contributed by atoms with van der Waals surface area (Å²) in [6.45, 7) is 9.85. The summed E-state index contributed by atoms with van der Waals surface area (Å²) < 4.78 is 0. The zero-order chi connectivity index (χ0) is 13.2. The maximum absolute atomic E-state index is 4.62. The van der Waals surface area contributed by atoms with E-state index in [1.807, 2.05) is 11.8 Å². The van der Waals surface area contributed by atoms with E-state index in [0.29, 0.717) is 11.3 Å². The van der Waals surface area contributed by atoms with Gasteiger partial charge in [-0.3, -0.25) is 4.99 Å². The highest BCUT2D eigenvalue weighted by Gasteiger charge is 2.26. The predicted molar refractivity (Wildman–Crippen MR) is 81.1 cm³/mol. The van der Waals surface area contributed by atoms with Crippen molar-refractivity contribution in [2.75, 3.05) is 6.54 Å². The molecule has 1 aliphatic heterocycles. The second-order valence-electron chi connectivity index (χ2n) is 5.90. The number of amidine groups is 1. The Kier molecular flexibility index (Phi) is 4.00. The van der Waals surface area contributed by atoms with Gasteiger partial charge in [0.15, 0.2) is 5.17 Å². The summed E-state index contributed by atoms with van der Waals surface area (Å²) in [5, 5.41) is 5.09. The van der Waals surface area contributed by atoms with Crippen molar-refractivity contribution in [3.8, 4) is 0 Å². The average molecular weight is 262 g/mol. The van der Waals surface area contributed by atoms with Gasteiger partial charge in [-0.1, -0.05) is 62.9 Å². The standard InChI is InChI=1S/C15H22N2S/c1-11(15(2,3)4)17-14-16-10-13(18-14)12-8-6-5-7-9-12/h5-9,11,13H,10H2,1-4H3,(H,16,17). The maximum Gasteiger partial charge on any atom is 0.157 e. The molecule has 0 aliphatic carbocycles. The first-order chi connectivity index (χ1) is 8.47. The molecule has 98 valence electrons. The number of thioether (sulfide) groups is 1. The van der Waals surface area contributed by atoms with Crippen LogP contribution < -0.4 is 5.32 Å². The van der Waals surface area contributed by atoms with Crippen LogP contribution >= 0.6 is 11.8 Å². The monoisotopic (exact) mass is 262 g/mol. The molecule has 2 atom stereocenters. The molecule has 1 N–H and O–H groups in total. The first kappa shape index (κ1) is 13.5. The van der Waals surface area contributed by atoms with E-state index in [2.05, 4.69) is 68.3 Å². The molecule has 0 saturated carbocycles. The van der Waals surface area contributed by atoms with Crippen LogP contribution in [0, 0.1) is 5.41 Å². The Morgan fingerprint density at radius 3 is 2.56 bits per heavy atom. The normalized spacial score (nSPS) is 21.6. The second kappa shape index (κ2) is 5.35. The fraction of sp³-hybridized carbons (Fsp3) is 0.533. The molecule has 1 aromatic rings. The molecule has 18 heavy (non-hydrogen) atoms. The number of aliphatic imine (C=N–C) groups is 1. The number of nitrogens with zero attached hydrogens (tertiary/aromatic N) is 1. The molecule has 0 radical (unpaired) electrons. The summed E-state index contributed by atoms with van der Waals surface area (Å²) in [5.74, 6) is 0. The first-order valence-electron chi connectivity index (χ1n) is 6.49. The Morgan fingerprint density at radius 1 is 1.28 bits per heavy atom. The summed E-state index contributed by atoms with van der Waals surface area (Å²) in [7, 11) is 0. The minimum atomic E-state index is 0.258. The van der Waals surface area contributed by atoms with Crippen molar-refractivity contribution in [3.63, 3.8) is 0 Å². The molecule has 0 aromatic heterocycles. The van der Waals surface area contributed by atoms with Crippen molar-refractivity contribution >= 4 is 16.9 Å². The fourth-order valence-corrected chi connectivity index (χ4v) is 2.80. The second-order valence-corrected chi connectivity index (χ2v) is 7.09. The van der Waals surface area contributed by atoms with Crippen molar-refractivity contribution in [1.29, 1.82) is 0 Å². The van der Waals surface area contributed by atoms with Gasteiger partial charge in [0, 0.05) is 6.04 Å². The van der Waals surface area contributed by atoms with Crippen molar-refractivity contribution in [2.24, 2.45) is 10.4 Å². The van der Waals surface area contributed by atoms with E-state index >= 15 is 0 Å². The van der Waals surface area contributed by atoms with Crippen molar-refractivity contribution in [3.05, 3.63) is 35.9 Å². The van der Waals surface area contributed by atoms with Gasteiger partial charge in [-0.25, -0.2) is 0 Å². The van der Waals surface area contributed by atoms with E-state index < -0.39 is 0 Å². The molecule has 0 fully saturated rings. The van der Waals surface area contributed by atoms with Crippen molar-refractivity contribution in [2.45, 2.75) is 39.0 Å². The third-order valence-electron chi connectivity index (χ3n) is 3.46. The third kappa shape index (κ3) is 3.29. The summed E-state index contributed by atoms with van der Waals surface area (Å²) in [5.41, 5.74) is 1.62. The zero-order valence-corrected chi connectivity index (χ0v) is 12.4. The smallest absolute Gasteiger partial charge is 0.157 e. The molecule has 1 aromatic carbocycles.